The number of morpholine rings is 1. The van der Waals surface area contributed by atoms with Gasteiger partial charge in [-0.2, -0.15) is 0 Å². The van der Waals surface area contributed by atoms with Crippen molar-refractivity contribution in [2.45, 2.75) is 12.5 Å². The van der Waals surface area contributed by atoms with Gasteiger partial charge in [0.25, 0.3) is 0 Å². The molecule has 0 bridgehead atoms. The maximum Gasteiger partial charge on any atom is 0.200 e. The van der Waals surface area contributed by atoms with E-state index < -0.39 is 6.10 Å². The van der Waals surface area contributed by atoms with Gasteiger partial charge in [-0.3, -0.25) is 9.69 Å². The summed E-state index contributed by atoms with van der Waals surface area (Å²) in [4.78, 5) is 15.1. The summed E-state index contributed by atoms with van der Waals surface area (Å²) < 4.78 is 16.8. The Morgan fingerprint density at radius 1 is 1.10 bits per heavy atom. The second-order valence-electron chi connectivity index (χ2n) is 7.56. The molecule has 1 atom stereocenters. The lowest BCUT2D eigenvalue weighted by Gasteiger charge is -2.26. The molecule has 1 aliphatic heterocycles. The molecular formula is C23H29ClN2O5. The summed E-state index contributed by atoms with van der Waals surface area (Å²) in [7, 11) is 0. The molecule has 2 heterocycles. The normalized spacial score (nSPS) is 15.6. The Morgan fingerprint density at radius 3 is 2.71 bits per heavy atom. The molecule has 0 radical (unpaired) electrons. The molecular weight excluding hydrogens is 420 g/mol. The van der Waals surface area contributed by atoms with Crippen LogP contribution in [0.25, 0.3) is 21.9 Å². The van der Waals surface area contributed by atoms with Crippen LogP contribution in [0.5, 0.6) is 5.75 Å². The number of benzene rings is 2. The van der Waals surface area contributed by atoms with Crippen LogP contribution in [0.3, 0.4) is 0 Å². The van der Waals surface area contributed by atoms with Gasteiger partial charge < -0.3 is 24.3 Å². The van der Waals surface area contributed by atoms with E-state index in [2.05, 4.69) is 10.2 Å². The molecule has 1 aliphatic rings. The second kappa shape index (κ2) is 11.5. The number of rotatable bonds is 9. The first-order valence-corrected chi connectivity index (χ1v) is 10.5. The average Bonchev–Trinajstić information content (AvgIpc) is 2.78. The predicted octanol–water partition coefficient (Wildman–Crippen LogP) is 2.42. The van der Waals surface area contributed by atoms with Crippen LogP contribution in [0, 0.1) is 0 Å². The SMILES string of the molecule is Cl.O=c1c2ccccc2oc2ccc(OCC(O)CNCCCN3CCOCC3)cc12. The minimum atomic E-state index is -0.628. The Balaban J connectivity index is 0.00000272. The van der Waals surface area contributed by atoms with Crippen molar-refractivity contribution in [3.8, 4) is 5.75 Å². The maximum atomic E-state index is 12.7. The molecule has 1 fully saturated rings. The first-order valence-electron chi connectivity index (χ1n) is 10.5. The van der Waals surface area contributed by atoms with E-state index in [0.29, 0.717) is 34.2 Å². The number of hydrogen-bond donors (Lipinski definition) is 2. The monoisotopic (exact) mass is 448 g/mol. The first kappa shape index (κ1) is 23.5. The van der Waals surface area contributed by atoms with E-state index in [9.17, 15) is 9.90 Å². The predicted molar refractivity (Wildman–Crippen MR) is 123 cm³/mol. The molecule has 31 heavy (non-hydrogen) atoms. The van der Waals surface area contributed by atoms with Gasteiger partial charge in [0.15, 0.2) is 0 Å². The van der Waals surface area contributed by atoms with Crippen molar-refractivity contribution in [3.05, 3.63) is 52.7 Å². The van der Waals surface area contributed by atoms with Crippen LogP contribution in [-0.2, 0) is 4.74 Å². The number of aliphatic hydroxyl groups excluding tert-OH is 1. The van der Waals surface area contributed by atoms with Gasteiger partial charge in [0.05, 0.1) is 24.0 Å². The highest BCUT2D eigenvalue weighted by atomic mass is 35.5. The zero-order chi connectivity index (χ0) is 20.8. The third-order valence-electron chi connectivity index (χ3n) is 5.30. The topological polar surface area (TPSA) is 84.2 Å². The first-order chi connectivity index (χ1) is 14.7. The molecule has 1 unspecified atom stereocenters. The number of fused-ring (bicyclic) bond motifs is 2. The van der Waals surface area contributed by atoms with Crippen molar-refractivity contribution in [2.24, 2.45) is 0 Å². The molecule has 8 heteroatoms. The number of para-hydroxylation sites is 1. The quantitative estimate of drug-likeness (QED) is 0.384. The van der Waals surface area contributed by atoms with E-state index in [-0.39, 0.29) is 24.4 Å². The summed E-state index contributed by atoms with van der Waals surface area (Å²) in [6, 6.07) is 12.4. The van der Waals surface area contributed by atoms with Crippen molar-refractivity contribution >= 4 is 34.3 Å². The molecule has 1 aromatic heterocycles. The minimum absolute atomic E-state index is 0. The molecule has 2 aromatic carbocycles. The summed E-state index contributed by atoms with van der Waals surface area (Å²) in [6.07, 6.45) is 0.402. The zero-order valence-electron chi connectivity index (χ0n) is 17.4. The van der Waals surface area contributed by atoms with E-state index in [0.717, 1.165) is 45.8 Å². The lowest BCUT2D eigenvalue weighted by Crippen LogP contribution is -2.38. The number of ether oxygens (including phenoxy) is 2. The van der Waals surface area contributed by atoms with Crippen LogP contribution in [0.2, 0.25) is 0 Å². The molecule has 4 rings (SSSR count). The third kappa shape index (κ3) is 6.18. The van der Waals surface area contributed by atoms with Gasteiger partial charge in [-0.25, -0.2) is 0 Å². The number of hydrogen-bond acceptors (Lipinski definition) is 7. The molecule has 7 nitrogen and oxygen atoms in total. The second-order valence-corrected chi connectivity index (χ2v) is 7.56. The van der Waals surface area contributed by atoms with Crippen molar-refractivity contribution < 1.29 is 19.0 Å². The van der Waals surface area contributed by atoms with E-state index in [1.165, 1.54) is 0 Å². The van der Waals surface area contributed by atoms with E-state index >= 15 is 0 Å². The molecule has 1 saturated heterocycles. The van der Waals surface area contributed by atoms with Gasteiger partial charge in [0.2, 0.25) is 5.43 Å². The van der Waals surface area contributed by atoms with Crippen LogP contribution in [-0.4, -0.2) is 68.7 Å². The Labute approximate surface area is 187 Å². The molecule has 0 aliphatic carbocycles. The molecule has 0 saturated carbocycles. The van der Waals surface area contributed by atoms with Gasteiger partial charge >= 0.3 is 0 Å². The van der Waals surface area contributed by atoms with Crippen LogP contribution >= 0.6 is 12.4 Å². The van der Waals surface area contributed by atoms with Gasteiger partial charge in [-0.15, -0.1) is 12.4 Å². The fourth-order valence-electron chi connectivity index (χ4n) is 3.64. The maximum absolute atomic E-state index is 12.7. The highest BCUT2D eigenvalue weighted by molar-refractivity contribution is 5.90. The fourth-order valence-corrected chi connectivity index (χ4v) is 3.64. The van der Waals surface area contributed by atoms with Gasteiger partial charge in [-0.05, 0) is 49.8 Å². The van der Waals surface area contributed by atoms with Crippen molar-refractivity contribution in [1.82, 2.24) is 10.2 Å². The largest absolute Gasteiger partial charge is 0.491 e. The Hall–Kier alpha value is -2.16. The zero-order valence-corrected chi connectivity index (χ0v) is 18.2. The van der Waals surface area contributed by atoms with Gasteiger partial charge in [0, 0.05) is 19.6 Å². The summed E-state index contributed by atoms with van der Waals surface area (Å²) in [5.41, 5.74) is 1.01. The lowest BCUT2D eigenvalue weighted by atomic mass is 10.1. The summed E-state index contributed by atoms with van der Waals surface area (Å²) in [5.74, 6) is 0.538. The molecule has 2 N–H and O–H groups in total. The van der Waals surface area contributed by atoms with E-state index in [1.807, 2.05) is 12.1 Å². The number of aliphatic hydroxyl groups is 1. The summed E-state index contributed by atoms with van der Waals surface area (Å²) in [6.45, 7) is 6.12. The molecule has 168 valence electrons. The fraction of sp³-hybridized carbons (Fsp3) is 0.435. The van der Waals surface area contributed by atoms with Crippen LogP contribution < -0.4 is 15.5 Å². The van der Waals surface area contributed by atoms with Crippen molar-refractivity contribution in [2.75, 3.05) is 52.5 Å². The lowest BCUT2D eigenvalue weighted by molar-refractivity contribution is 0.0373. The van der Waals surface area contributed by atoms with Crippen molar-refractivity contribution in [1.29, 1.82) is 0 Å². The van der Waals surface area contributed by atoms with Crippen LogP contribution in [0.4, 0.5) is 0 Å². The third-order valence-corrected chi connectivity index (χ3v) is 5.30. The Kier molecular flexibility index (Phi) is 8.69. The highest BCUT2D eigenvalue weighted by Crippen LogP contribution is 2.22. The Bertz CT molecular complexity index is 1040. The summed E-state index contributed by atoms with van der Waals surface area (Å²) >= 11 is 0. The summed E-state index contributed by atoms with van der Waals surface area (Å²) in [5, 5.41) is 14.5. The smallest absolute Gasteiger partial charge is 0.200 e. The molecule has 0 spiro atoms. The number of nitrogens with zero attached hydrogens (tertiary/aromatic N) is 1. The number of nitrogens with one attached hydrogen (secondary N) is 1. The van der Waals surface area contributed by atoms with Gasteiger partial charge in [-0.1, -0.05) is 12.1 Å². The molecule has 0 amide bonds. The minimum Gasteiger partial charge on any atom is -0.491 e. The van der Waals surface area contributed by atoms with E-state index in [1.54, 1.807) is 30.3 Å². The molecule has 3 aromatic rings. The van der Waals surface area contributed by atoms with Crippen LogP contribution in [0.15, 0.2) is 51.7 Å². The Morgan fingerprint density at radius 2 is 1.87 bits per heavy atom. The average molecular weight is 449 g/mol. The van der Waals surface area contributed by atoms with Gasteiger partial charge in [0.1, 0.15) is 29.6 Å². The van der Waals surface area contributed by atoms with Crippen molar-refractivity contribution in [3.63, 3.8) is 0 Å². The standard InChI is InChI=1S/C23H28N2O5.ClH/c26-17(15-24-8-3-9-25-10-12-28-13-11-25)16-29-18-6-7-22-20(14-18)23(27)19-4-1-2-5-21(19)30-22;/h1-2,4-7,14,17,24,26H,3,8-13,15-16H2;1H. The highest BCUT2D eigenvalue weighted by Gasteiger charge is 2.11. The number of halogens is 1. The van der Waals surface area contributed by atoms with E-state index in [4.69, 9.17) is 13.9 Å². The van der Waals surface area contributed by atoms with Crippen LogP contribution in [0.1, 0.15) is 6.42 Å².